The normalized spacial score (nSPS) is 12.0. The van der Waals surface area contributed by atoms with Gasteiger partial charge in [0, 0.05) is 11.3 Å². The summed E-state index contributed by atoms with van der Waals surface area (Å²) >= 11 is 1.67. The van der Waals surface area contributed by atoms with Crippen molar-refractivity contribution in [1.29, 1.82) is 0 Å². The van der Waals surface area contributed by atoms with Gasteiger partial charge in [0.1, 0.15) is 10.8 Å². The van der Waals surface area contributed by atoms with Gasteiger partial charge < -0.3 is 15.4 Å². The molecule has 2 amide bonds. The van der Waals surface area contributed by atoms with Crippen molar-refractivity contribution in [1.82, 2.24) is 10.3 Å². The molecular formula is C26H27N3O2S. The van der Waals surface area contributed by atoms with Crippen LogP contribution < -0.4 is 15.4 Å². The van der Waals surface area contributed by atoms with Crippen molar-refractivity contribution >= 4 is 33.3 Å². The number of anilines is 1. The number of nitrogens with one attached hydrogen (secondary N) is 2. The van der Waals surface area contributed by atoms with E-state index in [9.17, 15) is 4.79 Å². The number of amides is 2. The molecule has 0 radical (unpaired) electrons. The molecule has 0 fully saturated rings. The number of urea groups is 1. The third kappa shape index (κ3) is 5.26. The first-order chi connectivity index (χ1) is 15.4. The first kappa shape index (κ1) is 21.8. The molecule has 4 rings (SSSR count). The highest BCUT2D eigenvalue weighted by Gasteiger charge is 2.11. The summed E-state index contributed by atoms with van der Waals surface area (Å²) in [5, 5.41) is 6.61. The van der Waals surface area contributed by atoms with Crippen LogP contribution in [0.3, 0.4) is 0 Å². The van der Waals surface area contributed by atoms with Gasteiger partial charge in [0.25, 0.3) is 0 Å². The van der Waals surface area contributed by atoms with Crippen LogP contribution in [0.1, 0.15) is 37.8 Å². The van der Waals surface area contributed by atoms with Gasteiger partial charge in [-0.1, -0.05) is 32.0 Å². The lowest BCUT2D eigenvalue weighted by atomic mass is 10.0. The standard InChI is InChI=1S/C26H27N3O2S/c1-16(2)19-8-12-22(13-9-19)31-18(4)27-26(30)28-21-10-6-20(7-11-21)25-29-23-14-5-17(3)15-24(23)32-25/h5-16,18H,1-4H3,(H2,27,28,30). The van der Waals surface area contributed by atoms with Crippen LogP contribution >= 0.6 is 11.3 Å². The summed E-state index contributed by atoms with van der Waals surface area (Å²) in [5.41, 5.74) is 5.21. The average Bonchev–Trinajstić information content (AvgIpc) is 3.17. The molecule has 1 atom stereocenters. The van der Waals surface area contributed by atoms with Crippen LogP contribution in [-0.4, -0.2) is 17.2 Å². The van der Waals surface area contributed by atoms with Gasteiger partial charge in [-0.15, -0.1) is 11.3 Å². The summed E-state index contributed by atoms with van der Waals surface area (Å²) in [6.45, 7) is 8.18. The molecule has 0 aliphatic carbocycles. The fourth-order valence-electron chi connectivity index (χ4n) is 3.37. The summed E-state index contributed by atoms with van der Waals surface area (Å²) in [6, 6.07) is 21.6. The molecule has 4 aromatic rings. The topological polar surface area (TPSA) is 63.2 Å². The number of carbonyl (C=O) groups excluding carboxylic acids is 1. The Morgan fingerprint density at radius 1 is 0.969 bits per heavy atom. The fraction of sp³-hybridized carbons (Fsp3) is 0.231. The largest absolute Gasteiger partial charge is 0.471 e. The number of aryl methyl sites for hydroxylation is 1. The van der Waals surface area contributed by atoms with E-state index in [2.05, 4.69) is 43.5 Å². The van der Waals surface area contributed by atoms with Crippen LogP contribution in [0.4, 0.5) is 10.5 Å². The molecule has 0 spiro atoms. The zero-order chi connectivity index (χ0) is 22.7. The summed E-state index contributed by atoms with van der Waals surface area (Å²) in [4.78, 5) is 17.1. The van der Waals surface area contributed by atoms with E-state index in [0.29, 0.717) is 11.6 Å². The molecule has 1 unspecified atom stereocenters. The highest BCUT2D eigenvalue weighted by molar-refractivity contribution is 7.21. The van der Waals surface area contributed by atoms with Crippen LogP contribution in [-0.2, 0) is 0 Å². The first-order valence-corrected chi connectivity index (χ1v) is 11.5. The number of hydrogen-bond acceptors (Lipinski definition) is 4. The molecule has 5 nitrogen and oxygen atoms in total. The van der Waals surface area contributed by atoms with E-state index in [-0.39, 0.29) is 6.03 Å². The smallest absolute Gasteiger partial charge is 0.322 e. The minimum atomic E-state index is -0.467. The fourth-order valence-corrected chi connectivity index (χ4v) is 4.44. The quantitative estimate of drug-likeness (QED) is 0.316. The number of rotatable bonds is 6. The number of thiazole rings is 1. The molecule has 1 aromatic heterocycles. The number of hydrogen-bond donors (Lipinski definition) is 2. The summed E-state index contributed by atoms with van der Waals surface area (Å²) < 4.78 is 6.97. The Morgan fingerprint density at radius 3 is 2.38 bits per heavy atom. The van der Waals surface area contributed by atoms with Crippen molar-refractivity contribution in [2.45, 2.75) is 39.8 Å². The van der Waals surface area contributed by atoms with Crippen molar-refractivity contribution in [3.63, 3.8) is 0 Å². The van der Waals surface area contributed by atoms with E-state index in [1.807, 2.05) is 54.6 Å². The van der Waals surface area contributed by atoms with E-state index in [4.69, 9.17) is 9.72 Å². The molecule has 0 aliphatic rings. The predicted molar refractivity (Wildman–Crippen MR) is 133 cm³/mol. The molecule has 0 saturated heterocycles. The molecule has 2 N–H and O–H groups in total. The minimum absolute atomic E-state index is 0.320. The van der Waals surface area contributed by atoms with Gasteiger partial charge in [0.2, 0.25) is 0 Å². The molecular weight excluding hydrogens is 418 g/mol. The molecule has 1 heterocycles. The Morgan fingerprint density at radius 2 is 1.69 bits per heavy atom. The highest BCUT2D eigenvalue weighted by atomic mass is 32.1. The Balaban J connectivity index is 1.33. The van der Waals surface area contributed by atoms with Gasteiger partial charge >= 0.3 is 6.03 Å². The van der Waals surface area contributed by atoms with Gasteiger partial charge in [0.15, 0.2) is 6.23 Å². The van der Waals surface area contributed by atoms with Gasteiger partial charge in [0.05, 0.1) is 10.2 Å². The van der Waals surface area contributed by atoms with Gasteiger partial charge in [-0.2, -0.15) is 0 Å². The molecule has 0 aliphatic heterocycles. The first-order valence-electron chi connectivity index (χ1n) is 10.7. The maximum Gasteiger partial charge on any atom is 0.322 e. The second kappa shape index (κ2) is 9.40. The van der Waals surface area contributed by atoms with Crippen LogP contribution in [0.15, 0.2) is 66.7 Å². The lowest BCUT2D eigenvalue weighted by molar-refractivity contribution is 0.183. The van der Waals surface area contributed by atoms with Crippen molar-refractivity contribution in [3.8, 4) is 16.3 Å². The molecule has 0 saturated carbocycles. The monoisotopic (exact) mass is 445 g/mol. The van der Waals surface area contributed by atoms with Gasteiger partial charge in [-0.05, 0) is 79.4 Å². The van der Waals surface area contributed by atoms with Crippen LogP contribution in [0.25, 0.3) is 20.8 Å². The predicted octanol–water partition coefficient (Wildman–Crippen LogP) is 6.94. The Kier molecular flexibility index (Phi) is 6.42. The third-order valence-corrected chi connectivity index (χ3v) is 6.19. The second-order valence-corrected chi connectivity index (χ2v) is 9.18. The minimum Gasteiger partial charge on any atom is -0.471 e. The number of nitrogens with zero attached hydrogens (tertiary/aromatic N) is 1. The van der Waals surface area contributed by atoms with E-state index in [1.165, 1.54) is 15.8 Å². The van der Waals surface area contributed by atoms with E-state index in [0.717, 1.165) is 21.8 Å². The van der Waals surface area contributed by atoms with Crippen molar-refractivity contribution in [2.75, 3.05) is 5.32 Å². The van der Waals surface area contributed by atoms with Crippen molar-refractivity contribution in [3.05, 3.63) is 77.9 Å². The lowest BCUT2D eigenvalue weighted by Gasteiger charge is -2.17. The highest BCUT2D eigenvalue weighted by Crippen LogP contribution is 2.31. The zero-order valence-corrected chi connectivity index (χ0v) is 19.5. The molecule has 6 heteroatoms. The summed E-state index contributed by atoms with van der Waals surface area (Å²) in [6.07, 6.45) is -0.467. The summed E-state index contributed by atoms with van der Waals surface area (Å²) in [5.74, 6) is 1.19. The maximum atomic E-state index is 12.3. The number of benzene rings is 3. The SMILES string of the molecule is Cc1ccc2nc(-c3ccc(NC(=O)NC(C)Oc4ccc(C(C)C)cc4)cc3)sc2c1. The van der Waals surface area contributed by atoms with Crippen molar-refractivity contribution < 1.29 is 9.53 Å². The number of carbonyl (C=O) groups is 1. The zero-order valence-electron chi connectivity index (χ0n) is 18.7. The third-order valence-electron chi connectivity index (χ3n) is 5.13. The number of fused-ring (bicyclic) bond motifs is 1. The van der Waals surface area contributed by atoms with Crippen LogP contribution in [0, 0.1) is 6.92 Å². The van der Waals surface area contributed by atoms with Crippen LogP contribution in [0.5, 0.6) is 5.75 Å². The molecule has 32 heavy (non-hydrogen) atoms. The lowest BCUT2D eigenvalue weighted by Crippen LogP contribution is -2.39. The van der Waals surface area contributed by atoms with E-state index >= 15 is 0 Å². The summed E-state index contributed by atoms with van der Waals surface area (Å²) in [7, 11) is 0. The van der Waals surface area contributed by atoms with Crippen molar-refractivity contribution in [2.24, 2.45) is 0 Å². The Bertz CT molecular complexity index is 1210. The van der Waals surface area contributed by atoms with Crippen LogP contribution in [0.2, 0.25) is 0 Å². The Labute approximate surface area is 192 Å². The molecule has 3 aromatic carbocycles. The van der Waals surface area contributed by atoms with Gasteiger partial charge in [-0.25, -0.2) is 9.78 Å². The van der Waals surface area contributed by atoms with Gasteiger partial charge in [-0.3, -0.25) is 0 Å². The number of ether oxygens (including phenoxy) is 1. The average molecular weight is 446 g/mol. The molecule has 0 bridgehead atoms. The maximum absolute atomic E-state index is 12.3. The van der Waals surface area contributed by atoms with E-state index < -0.39 is 6.23 Å². The van der Waals surface area contributed by atoms with E-state index in [1.54, 1.807) is 18.3 Å². The number of aromatic nitrogens is 1. The second-order valence-electron chi connectivity index (χ2n) is 8.15. The molecule has 164 valence electrons. The Hall–Kier alpha value is -3.38.